The molecule has 174 valence electrons. The highest BCUT2D eigenvalue weighted by Gasteiger charge is 2.32. The standard InChI is InChI=1S/C27H28N4O3/c1-18-11-13-20(14-12-18)28-27(32)31-16-15-30(17-19(31)2)26-21-7-6-10-24(33-3)25(21)34-23-9-5-4-8-22(23)29-26/h4-14,19H,15-17H2,1-3H3,(H,28,32). The second kappa shape index (κ2) is 9.09. The molecule has 0 aromatic heterocycles. The van der Waals surface area contributed by atoms with Crippen molar-refractivity contribution in [1.82, 2.24) is 9.80 Å². The van der Waals surface area contributed by atoms with E-state index in [9.17, 15) is 4.79 Å². The number of nitrogens with zero attached hydrogens (tertiary/aromatic N) is 3. The lowest BCUT2D eigenvalue weighted by atomic mass is 10.1. The number of hydrogen-bond donors (Lipinski definition) is 1. The van der Waals surface area contributed by atoms with Crippen LogP contribution in [0.15, 0.2) is 71.7 Å². The number of urea groups is 1. The monoisotopic (exact) mass is 456 g/mol. The zero-order valence-corrected chi connectivity index (χ0v) is 19.6. The molecule has 0 radical (unpaired) electrons. The molecule has 1 N–H and O–H groups in total. The first-order valence-corrected chi connectivity index (χ1v) is 11.5. The summed E-state index contributed by atoms with van der Waals surface area (Å²) in [6, 6.07) is 21.3. The molecule has 3 aromatic carbocycles. The van der Waals surface area contributed by atoms with E-state index in [-0.39, 0.29) is 12.1 Å². The largest absolute Gasteiger partial charge is 0.493 e. The zero-order valence-electron chi connectivity index (χ0n) is 19.6. The molecule has 0 saturated carbocycles. The van der Waals surface area contributed by atoms with Gasteiger partial charge in [-0.25, -0.2) is 9.79 Å². The molecule has 1 fully saturated rings. The normalized spacial score (nSPS) is 17.0. The minimum atomic E-state index is -0.0884. The van der Waals surface area contributed by atoms with Crippen molar-refractivity contribution in [3.05, 3.63) is 77.9 Å². The first-order valence-electron chi connectivity index (χ1n) is 11.5. The summed E-state index contributed by atoms with van der Waals surface area (Å²) in [5, 5.41) is 3.02. The highest BCUT2D eigenvalue weighted by Crippen LogP contribution is 2.42. The number of aliphatic imine (C=N–C) groups is 1. The van der Waals surface area contributed by atoms with Crippen LogP contribution in [0.5, 0.6) is 17.2 Å². The van der Waals surface area contributed by atoms with Gasteiger partial charge in [0.05, 0.1) is 12.7 Å². The lowest BCUT2D eigenvalue weighted by Crippen LogP contribution is -2.56. The lowest BCUT2D eigenvalue weighted by Gasteiger charge is -2.41. The molecule has 34 heavy (non-hydrogen) atoms. The number of nitrogens with one attached hydrogen (secondary N) is 1. The Morgan fingerprint density at radius 1 is 1.06 bits per heavy atom. The summed E-state index contributed by atoms with van der Waals surface area (Å²) in [4.78, 5) is 22.1. The molecule has 5 rings (SSSR count). The number of benzene rings is 3. The van der Waals surface area contributed by atoms with Gasteiger partial charge >= 0.3 is 6.03 Å². The van der Waals surface area contributed by atoms with Crippen molar-refractivity contribution in [3.8, 4) is 17.2 Å². The Kier molecular flexibility index (Phi) is 5.84. The zero-order chi connectivity index (χ0) is 23.7. The predicted octanol–water partition coefficient (Wildman–Crippen LogP) is 5.43. The molecule has 2 amide bonds. The van der Waals surface area contributed by atoms with Crippen molar-refractivity contribution in [3.63, 3.8) is 0 Å². The number of aryl methyl sites for hydroxylation is 1. The molecule has 2 aliphatic rings. The molecule has 2 aliphatic heterocycles. The van der Waals surface area contributed by atoms with Crippen LogP contribution < -0.4 is 14.8 Å². The number of para-hydroxylation sites is 3. The van der Waals surface area contributed by atoms with Gasteiger partial charge in [0.2, 0.25) is 0 Å². The smallest absolute Gasteiger partial charge is 0.322 e. The van der Waals surface area contributed by atoms with Crippen LogP contribution in [0.3, 0.4) is 0 Å². The Morgan fingerprint density at radius 2 is 1.85 bits per heavy atom. The molecule has 0 aliphatic carbocycles. The highest BCUT2D eigenvalue weighted by atomic mass is 16.5. The molecule has 0 bridgehead atoms. The number of amides is 2. The average molecular weight is 457 g/mol. The third-order valence-electron chi connectivity index (χ3n) is 6.23. The number of amidine groups is 1. The van der Waals surface area contributed by atoms with Crippen LogP contribution in [0.2, 0.25) is 0 Å². The van der Waals surface area contributed by atoms with E-state index in [2.05, 4.69) is 17.1 Å². The molecular weight excluding hydrogens is 428 g/mol. The molecular formula is C27H28N4O3. The molecule has 7 nitrogen and oxygen atoms in total. The number of carbonyl (C=O) groups is 1. The van der Waals surface area contributed by atoms with Gasteiger partial charge in [0, 0.05) is 31.4 Å². The number of carbonyl (C=O) groups excluding carboxylic acids is 1. The SMILES string of the molecule is COc1cccc2c1Oc1ccccc1N=C2N1CCN(C(=O)Nc2ccc(C)cc2)C(C)C1. The number of hydrogen-bond acceptors (Lipinski definition) is 5. The van der Waals surface area contributed by atoms with Crippen molar-refractivity contribution in [1.29, 1.82) is 0 Å². The summed E-state index contributed by atoms with van der Waals surface area (Å²) in [5.74, 6) is 2.82. The summed E-state index contributed by atoms with van der Waals surface area (Å²) in [5.41, 5.74) is 3.60. The van der Waals surface area contributed by atoms with Crippen LogP contribution in [0.1, 0.15) is 18.1 Å². The minimum absolute atomic E-state index is 0.00429. The van der Waals surface area contributed by atoms with Gasteiger partial charge in [-0.1, -0.05) is 35.9 Å². The van der Waals surface area contributed by atoms with Gasteiger partial charge < -0.3 is 24.6 Å². The van der Waals surface area contributed by atoms with Crippen molar-refractivity contribution >= 4 is 23.2 Å². The van der Waals surface area contributed by atoms with Gasteiger partial charge in [0.15, 0.2) is 17.2 Å². The summed E-state index contributed by atoms with van der Waals surface area (Å²) >= 11 is 0. The maximum absolute atomic E-state index is 13.0. The number of piperazine rings is 1. The maximum Gasteiger partial charge on any atom is 0.322 e. The Labute approximate surface area is 199 Å². The maximum atomic E-state index is 13.0. The molecule has 0 spiro atoms. The second-order valence-electron chi connectivity index (χ2n) is 8.63. The number of fused-ring (bicyclic) bond motifs is 2. The molecule has 1 saturated heterocycles. The van der Waals surface area contributed by atoms with Gasteiger partial charge in [-0.2, -0.15) is 0 Å². The summed E-state index contributed by atoms with van der Waals surface area (Å²) in [6.45, 7) is 5.98. The van der Waals surface area contributed by atoms with Crippen LogP contribution in [0.25, 0.3) is 0 Å². The predicted molar refractivity (Wildman–Crippen MR) is 134 cm³/mol. The third-order valence-corrected chi connectivity index (χ3v) is 6.23. The highest BCUT2D eigenvalue weighted by molar-refractivity contribution is 6.04. The topological polar surface area (TPSA) is 66.4 Å². The van der Waals surface area contributed by atoms with Crippen molar-refractivity contribution in [2.45, 2.75) is 19.9 Å². The van der Waals surface area contributed by atoms with E-state index in [0.717, 1.165) is 28.3 Å². The number of rotatable bonds is 2. The van der Waals surface area contributed by atoms with Crippen LogP contribution in [0.4, 0.5) is 16.2 Å². The fourth-order valence-electron chi connectivity index (χ4n) is 4.40. The van der Waals surface area contributed by atoms with E-state index < -0.39 is 0 Å². The van der Waals surface area contributed by atoms with Gasteiger partial charge in [0.1, 0.15) is 11.5 Å². The number of methoxy groups -OCH3 is 1. The van der Waals surface area contributed by atoms with Crippen molar-refractivity contribution < 1.29 is 14.3 Å². The molecule has 7 heteroatoms. The Bertz CT molecular complexity index is 1240. The van der Waals surface area contributed by atoms with Crippen molar-refractivity contribution in [2.24, 2.45) is 4.99 Å². The Balaban J connectivity index is 1.41. The quantitative estimate of drug-likeness (QED) is 0.559. The third kappa shape index (κ3) is 4.17. The Hall–Kier alpha value is -4.00. The minimum Gasteiger partial charge on any atom is -0.493 e. The fourth-order valence-corrected chi connectivity index (χ4v) is 4.40. The first kappa shape index (κ1) is 21.8. The molecule has 3 aromatic rings. The molecule has 2 heterocycles. The lowest BCUT2D eigenvalue weighted by molar-refractivity contribution is 0.145. The van der Waals surface area contributed by atoms with Gasteiger partial charge in [-0.15, -0.1) is 0 Å². The Morgan fingerprint density at radius 3 is 2.62 bits per heavy atom. The van der Waals surface area contributed by atoms with Crippen molar-refractivity contribution in [2.75, 3.05) is 32.1 Å². The van der Waals surface area contributed by atoms with Gasteiger partial charge in [-0.05, 0) is 50.2 Å². The first-order chi connectivity index (χ1) is 16.5. The van der Waals surface area contributed by atoms with Gasteiger partial charge in [0.25, 0.3) is 0 Å². The van der Waals surface area contributed by atoms with Crippen LogP contribution in [-0.4, -0.2) is 54.5 Å². The van der Waals surface area contributed by atoms with Gasteiger partial charge in [-0.3, -0.25) is 0 Å². The van der Waals surface area contributed by atoms with E-state index in [4.69, 9.17) is 14.5 Å². The second-order valence-corrected chi connectivity index (χ2v) is 8.63. The molecule has 1 atom stereocenters. The summed E-state index contributed by atoms with van der Waals surface area (Å²) in [7, 11) is 1.64. The average Bonchev–Trinajstić information content (AvgIpc) is 3.02. The van der Waals surface area contributed by atoms with E-state index in [1.807, 2.05) is 78.6 Å². The number of anilines is 1. The van der Waals surface area contributed by atoms with Crippen LogP contribution in [0, 0.1) is 6.92 Å². The van der Waals surface area contributed by atoms with Crippen LogP contribution >= 0.6 is 0 Å². The number of ether oxygens (including phenoxy) is 2. The van der Waals surface area contributed by atoms with E-state index in [0.29, 0.717) is 36.9 Å². The summed E-state index contributed by atoms with van der Waals surface area (Å²) in [6.07, 6.45) is 0. The molecule has 1 unspecified atom stereocenters. The van der Waals surface area contributed by atoms with E-state index in [1.165, 1.54) is 0 Å². The van der Waals surface area contributed by atoms with E-state index in [1.54, 1.807) is 7.11 Å². The summed E-state index contributed by atoms with van der Waals surface area (Å²) < 4.78 is 11.9. The van der Waals surface area contributed by atoms with Crippen LogP contribution in [-0.2, 0) is 0 Å². The fraction of sp³-hybridized carbons (Fsp3) is 0.259. The van der Waals surface area contributed by atoms with E-state index >= 15 is 0 Å².